The number of anilines is 1. The van der Waals surface area contributed by atoms with Gasteiger partial charge in [-0.15, -0.1) is 0 Å². The van der Waals surface area contributed by atoms with Gasteiger partial charge in [-0.25, -0.2) is 35.9 Å². The molecule has 1 amide bonds. The van der Waals surface area contributed by atoms with Gasteiger partial charge in [0, 0.05) is 23.1 Å². The van der Waals surface area contributed by atoms with Crippen LogP contribution in [0.3, 0.4) is 0 Å². The molecule has 18 heteroatoms. The molecule has 2 aliphatic carbocycles. The molecule has 0 spiro atoms. The number of aliphatic imine (C=N–C) groups is 1. The maximum Gasteiger partial charge on any atom is 0.292 e. The molecule has 3 atom stereocenters. The molecule has 2 saturated carbocycles. The van der Waals surface area contributed by atoms with Crippen molar-refractivity contribution in [2.24, 2.45) is 22.6 Å². The number of fused-ring (bicyclic) bond motifs is 2. The van der Waals surface area contributed by atoms with Gasteiger partial charge < -0.3 is 16.2 Å². The first-order chi connectivity index (χ1) is 25.6. The monoisotopic (exact) mass is 787 g/mol. The molecule has 4 aromatic rings. The summed E-state index contributed by atoms with van der Waals surface area (Å²) in [5, 5.41) is 12.9. The lowest BCUT2D eigenvalue weighted by molar-refractivity contribution is -0.120. The molecule has 1 unspecified atom stereocenters. The summed E-state index contributed by atoms with van der Waals surface area (Å²) in [5.41, 5.74) is 2.81. The van der Waals surface area contributed by atoms with Crippen molar-refractivity contribution in [1.82, 2.24) is 19.7 Å². The fourth-order valence-electron chi connectivity index (χ4n) is 6.69. The van der Waals surface area contributed by atoms with E-state index in [0.717, 1.165) is 18.4 Å². The zero-order valence-electron chi connectivity index (χ0n) is 29.8. The quantitative estimate of drug-likeness (QED) is 0.129. The summed E-state index contributed by atoms with van der Waals surface area (Å²) in [6.45, 7) is 3.54. The number of pyridine rings is 2. The largest absolute Gasteiger partial charge is 0.397 e. The van der Waals surface area contributed by atoms with Gasteiger partial charge in [-0.3, -0.25) is 18.9 Å². The first-order valence-electron chi connectivity index (χ1n) is 16.8. The van der Waals surface area contributed by atoms with E-state index in [1.54, 1.807) is 35.6 Å². The zero-order chi connectivity index (χ0) is 40.2. The number of aromatic nitrogens is 3. The van der Waals surface area contributed by atoms with Crippen molar-refractivity contribution in [2.75, 3.05) is 17.5 Å². The van der Waals surface area contributed by atoms with Crippen molar-refractivity contribution < 1.29 is 44.7 Å². The fraction of sp³-hybridized carbons (Fsp3) is 0.351. The highest BCUT2D eigenvalue weighted by molar-refractivity contribution is 7.92. The molecular formula is C37H35F6N7O4S. The normalized spacial score (nSPS) is 19.9. The van der Waals surface area contributed by atoms with Gasteiger partial charge in [0.15, 0.2) is 5.82 Å². The maximum atomic E-state index is 15.2. The van der Waals surface area contributed by atoms with E-state index < -0.39 is 86.9 Å². The Bertz CT molecular complexity index is 2430. The molecule has 290 valence electrons. The van der Waals surface area contributed by atoms with Gasteiger partial charge in [-0.1, -0.05) is 12.0 Å². The van der Waals surface area contributed by atoms with Gasteiger partial charge in [0.25, 0.3) is 12.3 Å². The van der Waals surface area contributed by atoms with E-state index in [1.165, 1.54) is 19.9 Å². The number of sulfonamides is 1. The van der Waals surface area contributed by atoms with Crippen LogP contribution in [0.15, 0.2) is 64.8 Å². The number of carbonyl (C=O) groups excluding carboxylic acids is 1. The first-order valence-corrected chi connectivity index (χ1v) is 18.7. The molecule has 11 nitrogen and oxygen atoms in total. The lowest BCUT2D eigenvalue weighted by atomic mass is 9.96. The minimum Gasteiger partial charge on any atom is -0.397 e. The summed E-state index contributed by atoms with van der Waals surface area (Å²) < 4.78 is 115. The predicted molar refractivity (Wildman–Crippen MR) is 192 cm³/mol. The molecule has 2 fully saturated rings. The maximum absolute atomic E-state index is 15.2. The molecule has 0 aliphatic heterocycles. The summed E-state index contributed by atoms with van der Waals surface area (Å²) in [7, 11) is -3.75. The Kier molecular flexibility index (Phi) is 10.2. The lowest BCUT2D eigenvalue weighted by Crippen LogP contribution is -2.35. The third kappa shape index (κ3) is 8.47. The summed E-state index contributed by atoms with van der Waals surface area (Å²) in [4.78, 5) is 26.5. The van der Waals surface area contributed by atoms with Crippen molar-refractivity contribution in [3.05, 3.63) is 94.2 Å². The Morgan fingerprint density at radius 1 is 1.15 bits per heavy atom. The van der Waals surface area contributed by atoms with Crippen LogP contribution >= 0.6 is 0 Å². The number of alkyl halides is 4. The van der Waals surface area contributed by atoms with E-state index >= 15 is 8.78 Å². The molecule has 0 saturated heterocycles. The number of aliphatic hydroxyl groups is 1. The fourth-order valence-corrected chi connectivity index (χ4v) is 7.19. The molecule has 55 heavy (non-hydrogen) atoms. The van der Waals surface area contributed by atoms with Crippen molar-refractivity contribution in [2.45, 2.75) is 57.6 Å². The van der Waals surface area contributed by atoms with Crippen LogP contribution in [0, 0.1) is 42.2 Å². The van der Waals surface area contributed by atoms with E-state index in [9.17, 15) is 35.9 Å². The zero-order valence-corrected chi connectivity index (χ0v) is 30.6. The second-order valence-electron chi connectivity index (χ2n) is 14.0. The smallest absolute Gasteiger partial charge is 0.292 e. The number of hydrogen-bond acceptors (Lipinski definition) is 8. The Balaban J connectivity index is 1.49. The lowest BCUT2D eigenvalue weighted by Gasteiger charge is -2.23. The number of allylic oxidation sites excluding steroid dienone is 2. The molecule has 3 aromatic heterocycles. The van der Waals surface area contributed by atoms with E-state index in [1.807, 2.05) is 0 Å². The molecule has 3 heterocycles. The van der Waals surface area contributed by atoms with Crippen LogP contribution in [0.2, 0.25) is 0 Å². The minimum atomic E-state index is -3.75. The number of imidazole rings is 1. The second kappa shape index (κ2) is 14.3. The number of nitrogens with one attached hydrogen (secondary N) is 2. The van der Waals surface area contributed by atoms with E-state index in [-0.39, 0.29) is 35.6 Å². The van der Waals surface area contributed by atoms with Crippen molar-refractivity contribution >= 4 is 33.0 Å². The number of rotatable bonds is 10. The number of aryl methyl sites for hydroxylation is 1. The average molecular weight is 788 g/mol. The molecular weight excluding hydrogens is 753 g/mol. The van der Waals surface area contributed by atoms with Crippen molar-refractivity contribution in [1.29, 1.82) is 0 Å². The number of nitrogens with zero attached hydrogens (tertiary/aromatic N) is 4. The number of amides is 1. The first kappa shape index (κ1) is 39.3. The number of benzene rings is 1. The Morgan fingerprint density at radius 3 is 2.47 bits per heavy atom. The highest BCUT2D eigenvalue weighted by Crippen LogP contribution is 2.62. The summed E-state index contributed by atoms with van der Waals surface area (Å²) >= 11 is 0. The van der Waals surface area contributed by atoms with Gasteiger partial charge in [0.1, 0.15) is 41.0 Å². The van der Waals surface area contributed by atoms with Crippen LogP contribution in [0.25, 0.3) is 16.8 Å². The molecule has 5 N–H and O–H groups in total. The third-order valence-corrected chi connectivity index (χ3v) is 9.53. The van der Waals surface area contributed by atoms with Gasteiger partial charge in [-0.05, 0) is 87.4 Å². The highest BCUT2D eigenvalue weighted by Gasteiger charge is 2.67. The number of hydrogen-bond donors (Lipinski definition) is 4. The Hall–Kier alpha value is -5.41. The standard InChI is InChI=1S/C37H35F6N7O4S/c1-18-46-35(49-55(4,53)54)28-7-5-6-27(50(18)28)23-9-8-22(10-11-36(2,3)52)47-32(23)26(14-19-12-20(38)15-21(39)13-19)48-29(51)17-45-33-30(31(44)34(40)41)24-16-25(24)37(33,42)43/h5-9,12-13,15,24-26,34,49,52H,14,16-17,44H2,1-4H3,(H,48,51)/t24?,25-,26+/m1/s1. The molecule has 2 aliphatic rings. The molecule has 6 rings (SSSR count). The predicted octanol–water partition coefficient (Wildman–Crippen LogP) is 5.08. The average Bonchev–Trinajstić information content (AvgIpc) is 3.77. The Morgan fingerprint density at radius 2 is 1.84 bits per heavy atom. The van der Waals surface area contributed by atoms with Crippen LogP contribution in [0.4, 0.5) is 32.2 Å². The van der Waals surface area contributed by atoms with Crippen LogP contribution < -0.4 is 15.8 Å². The van der Waals surface area contributed by atoms with E-state index in [0.29, 0.717) is 28.7 Å². The summed E-state index contributed by atoms with van der Waals surface area (Å²) in [5.74, 6) is -2.86. The van der Waals surface area contributed by atoms with Gasteiger partial charge >= 0.3 is 0 Å². The van der Waals surface area contributed by atoms with Crippen molar-refractivity contribution in [3.8, 4) is 23.1 Å². The van der Waals surface area contributed by atoms with E-state index in [4.69, 9.17) is 5.73 Å². The number of halogens is 6. The summed E-state index contributed by atoms with van der Waals surface area (Å²) in [6, 6.07) is 9.38. The third-order valence-electron chi connectivity index (χ3n) is 8.96. The summed E-state index contributed by atoms with van der Waals surface area (Å²) in [6.07, 6.45) is -2.63. The van der Waals surface area contributed by atoms with Gasteiger partial charge in [-0.2, -0.15) is 8.78 Å². The van der Waals surface area contributed by atoms with Gasteiger partial charge in [0.2, 0.25) is 15.9 Å². The second-order valence-corrected chi connectivity index (χ2v) is 15.7. The minimum absolute atomic E-state index is 0.0190. The molecule has 0 radical (unpaired) electrons. The Labute approximate surface area is 311 Å². The topological polar surface area (TPSA) is 164 Å². The highest BCUT2D eigenvalue weighted by atomic mass is 32.2. The van der Waals surface area contributed by atoms with E-state index in [2.05, 4.69) is 36.8 Å². The van der Waals surface area contributed by atoms with Crippen LogP contribution in [0.5, 0.6) is 0 Å². The number of nitrogens with two attached hydrogens (primary N) is 1. The van der Waals surface area contributed by atoms with Gasteiger partial charge in [0.05, 0.1) is 34.9 Å². The SMILES string of the molecule is Cc1nc(NS(C)(=O)=O)c2cccc(-c3ccc(C#CC(C)(C)O)nc3[C@H](Cc3cc(F)cc(F)c3)NC(=O)CN=C3C(=C(N)C(F)F)C4C[C@H]4C3(F)F)n12. The van der Waals surface area contributed by atoms with Crippen molar-refractivity contribution in [3.63, 3.8) is 0 Å². The van der Waals surface area contributed by atoms with Crippen LogP contribution in [-0.2, 0) is 21.2 Å². The number of carbonyl (C=O) groups is 1. The van der Waals surface area contributed by atoms with Crippen LogP contribution in [-0.4, -0.2) is 70.3 Å². The van der Waals surface area contributed by atoms with Crippen LogP contribution in [0.1, 0.15) is 49.1 Å². The molecule has 1 aromatic carbocycles. The molecule has 0 bridgehead atoms.